The largest absolute Gasteiger partial charge is 0.492 e. The highest BCUT2D eigenvalue weighted by Gasteiger charge is 1.97. The predicted octanol–water partition coefficient (Wildman–Crippen LogP) is 3.13. The summed E-state index contributed by atoms with van der Waals surface area (Å²) in [5.74, 6) is 0.815. The van der Waals surface area contributed by atoms with E-state index < -0.39 is 0 Å². The lowest BCUT2D eigenvalue weighted by Gasteiger charge is -2.07. The van der Waals surface area contributed by atoms with Crippen molar-refractivity contribution in [2.45, 2.75) is 12.8 Å². The Balaban J connectivity index is 1.75. The Hall–Kier alpha value is -2.03. The minimum atomic E-state index is 0.712. The smallest absolute Gasteiger partial charge is 0.139 e. The van der Waals surface area contributed by atoms with Crippen molar-refractivity contribution in [2.24, 2.45) is 0 Å². The fraction of sp³-hybridized carbons (Fsp3) is 0.267. The molecule has 2 rings (SSSR count). The molecule has 1 heterocycles. The molecule has 0 fully saturated rings. The molecule has 0 atom stereocenters. The molecule has 0 bridgehead atoms. The zero-order chi connectivity index (χ0) is 12.6. The lowest BCUT2D eigenvalue weighted by Crippen LogP contribution is -2.00. The number of hydrogen-bond acceptors (Lipinski definition) is 3. The van der Waals surface area contributed by atoms with Crippen LogP contribution in [0, 0.1) is 0 Å². The van der Waals surface area contributed by atoms with Crippen LogP contribution in [0.5, 0.6) is 5.75 Å². The van der Waals surface area contributed by atoms with Gasteiger partial charge in [0.05, 0.1) is 24.7 Å². The topological polar surface area (TPSA) is 34.2 Å². The molecule has 0 spiro atoms. The minimum absolute atomic E-state index is 0.712. The van der Waals surface area contributed by atoms with E-state index in [1.54, 1.807) is 12.4 Å². The molecule has 0 radical (unpaired) electrons. The van der Waals surface area contributed by atoms with Crippen molar-refractivity contribution in [1.82, 2.24) is 4.98 Å². The van der Waals surface area contributed by atoms with Gasteiger partial charge >= 0.3 is 0 Å². The fourth-order valence-electron chi connectivity index (χ4n) is 1.75. The third-order valence-corrected chi connectivity index (χ3v) is 2.72. The van der Waals surface area contributed by atoms with E-state index in [2.05, 4.69) is 34.6 Å². The first-order chi connectivity index (χ1) is 8.88. The Labute approximate surface area is 108 Å². The molecule has 2 aromatic rings. The fourth-order valence-corrected chi connectivity index (χ4v) is 1.75. The zero-order valence-corrected chi connectivity index (χ0v) is 10.6. The third-order valence-electron chi connectivity index (χ3n) is 2.72. The maximum Gasteiger partial charge on any atom is 0.139 e. The second-order valence-electron chi connectivity index (χ2n) is 4.10. The number of rotatable bonds is 6. The van der Waals surface area contributed by atoms with Crippen LogP contribution in [0.3, 0.4) is 0 Å². The van der Waals surface area contributed by atoms with E-state index in [9.17, 15) is 0 Å². The van der Waals surface area contributed by atoms with E-state index in [-0.39, 0.29) is 0 Å². The van der Waals surface area contributed by atoms with Crippen molar-refractivity contribution in [2.75, 3.05) is 19.0 Å². The number of ether oxygens (including phenoxy) is 1. The number of anilines is 1. The Morgan fingerprint density at radius 3 is 2.78 bits per heavy atom. The van der Waals surface area contributed by atoms with Gasteiger partial charge in [0.25, 0.3) is 0 Å². The van der Waals surface area contributed by atoms with Crippen molar-refractivity contribution in [1.29, 1.82) is 0 Å². The number of hydrogen-bond donors (Lipinski definition) is 1. The summed E-state index contributed by atoms with van der Waals surface area (Å²) in [4.78, 5) is 4.10. The van der Waals surface area contributed by atoms with Gasteiger partial charge in [-0.25, -0.2) is 0 Å². The van der Waals surface area contributed by atoms with E-state index in [1.165, 1.54) is 5.56 Å². The first-order valence-electron chi connectivity index (χ1n) is 6.18. The van der Waals surface area contributed by atoms with Gasteiger partial charge in [0.1, 0.15) is 5.75 Å². The molecule has 3 nitrogen and oxygen atoms in total. The van der Waals surface area contributed by atoms with E-state index >= 15 is 0 Å². The molecule has 1 aromatic carbocycles. The molecule has 18 heavy (non-hydrogen) atoms. The van der Waals surface area contributed by atoms with Gasteiger partial charge in [-0.3, -0.25) is 4.98 Å². The van der Waals surface area contributed by atoms with E-state index in [1.807, 2.05) is 19.2 Å². The Morgan fingerprint density at radius 2 is 2.00 bits per heavy atom. The van der Waals surface area contributed by atoms with Gasteiger partial charge in [0.15, 0.2) is 0 Å². The number of nitrogens with one attached hydrogen (secondary N) is 1. The van der Waals surface area contributed by atoms with Crippen LogP contribution in [0.25, 0.3) is 0 Å². The lowest BCUT2D eigenvalue weighted by atomic mass is 10.1. The second-order valence-corrected chi connectivity index (χ2v) is 4.10. The van der Waals surface area contributed by atoms with Gasteiger partial charge in [-0.05, 0) is 18.4 Å². The van der Waals surface area contributed by atoms with E-state index in [4.69, 9.17) is 4.74 Å². The third kappa shape index (κ3) is 3.77. The van der Waals surface area contributed by atoms with Crippen LogP contribution in [0.15, 0.2) is 48.8 Å². The molecule has 1 aromatic heterocycles. The summed E-state index contributed by atoms with van der Waals surface area (Å²) in [6, 6.07) is 12.4. The van der Waals surface area contributed by atoms with E-state index in [0.29, 0.717) is 6.61 Å². The maximum atomic E-state index is 5.67. The number of pyridine rings is 1. The molecule has 0 aliphatic carbocycles. The van der Waals surface area contributed by atoms with Gasteiger partial charge < -0.3 is 10.1 Å². The standard InChI is InChI=1S/C15H18N2O/c1-16-14-10-15(12-17-11-14)18-9-5-8-13-6-3-2-4-7-13/h2-4,6-7,10-12,16H,5,8-9H2,1H3. The highest BCUT2D eigenvalue weighted by molar-refractivity contribution is 5.44. The molecule has 0 unspecified atom stereocenters. The molecule has 0 saturated carbocycles. The molecular weight excluding hydrogens is 224 g/mol. The van der Waals surface area contributed by atoms with Crippen molar-refractivity contribution < 1.29 is 4.74 Å². The normalized spacial score (nSPS) is 10.1. The number of aromatic nitrogens is 1. The SMILES string of the molecule is CNc1cncc(OCCCc2ccccc2)c1. The Morgan fingerprint density at radius 1 is 1.17 bits per heavy atom. The molecule has 0 saturated heterocycles. The summed E-state index contributed by atoms with van der Waals surface area (Å²) < 4.78 is 5.67. The summed E-state index contributed by atoms with van der Waals surface area (Å²) in [6.07, 6.45) is 5.56. The summed E-state index contributed by atoms with van der Waals surface area (Å²) in [5, 5.41) is 3.04. The summed E-state index contributed by atoms with van der Waals surface area (Å²) in [6.45, 7) is 0.712. The summed E-state index contributed by atoms with van der Waals surface area (Å²) in [7, 11) is 1.87. The number of benzene rings is 1. The van der Waals surface area contributed by atoms with Gasteiger partial charge in [0, 0.05) is 13.1 Å². The first-order valence-corrected chi connectivity index (χ1v) is 6.18. The van der Waals surface area contributed by atoms with Crippen molar-refractivity contribution in [3.63, 3.8) is 0 Å². The van der Waals surface area contributed by atoms with Gasteiger partial charge in [-0.15, -0.1) is 0 Å². The van der Waals surface area contributed by atoms with Crippen LogP contribution in [-0.4, -0.2) is 18.6 Å². The van der Waals surface area contributed by atoms with Crippen molar-refractivity contribution in [3.8, 4) is 5.75 Å². The number of nitrogens with zero attached hydrogens (tertiary/aromatic N) is 1. The highest BCUT2D eigenvalue weighted by Crippen LogP contribution is 2.15. The Bertz CT molecular complexity index is 471. The van der Waals surface area contributed by atoms with Crippen molar-refractivity contribution in [3.05, 3.63) is 54.4 Å². The average Bonchev–Trinajstić information content (AvgIpc) is 2.45. The van der Waals surface area contributed by atoms with Gasteiger partial charge in [-0.1, -0.05) is 30.3 Å². The molecule has 0 amide bonds. The molecular formula is C15H18N2O. The summed E-state index contributed by atoms with van der Waals surface area (Å²) >= 11 is 0. The monoisotopic (exact) mass is 242 g/mol. The van der Waals surface area contributed by atoms with Crippen LogP contribution in [0.4, 0.5) is 5.69 Å². The summed E-state index contributed by atoms with van der Waals surface area (Å²) in [5.41, 5.74) is 2.32. The molecule has 0 aliphatic heterocycles. The minimum Gasteiger partial charge on any atom is -0.492 e. The molecule has 94 valence electrons. The lowest BCUT2D eigenvalue weighted by molar-refractivity contribution is 0.310. The van der Waals surface area contributed by atoms with Crippen LogP contribution in [-0.2, 0) is 6.42 Å². The van der Waals surface area contributed by atoms with E-state index in [0.717, 1.165) is 24.3 Å². The Kier molecular flexibility index (Phi) is 4.59. The van der Waals surface area contributed by atoms with Gasteiger partial charge in [0.2, 0.25) is 0 Å². The van der Waals surface area contributed by atoms with Crippen LogP contribution in [0.2, 0.25) is 0 Å². The van der Waals surface area contributed by atoms with Crippen LogP contribution >= 0.6 is 0 Å². The van der Waals surface area contributed by atoms with Gasteiger partial charge in [-0.2, -0.15) is 0 Å². The maximum absolute atomic E-state index is 5.67. The quantitative estimate of drug-likeness (QED) is 0.790. The predicted molar refractivity (Wildman–Crippen MR) is 74.0 cm³/mol. The van der Waals surface area contributed by atoms with Crippen molar-refractivity contribution >= 4 is 5.69 Å². The molecule has 0 aliphatic rings. The first kappa shape index (κ1) is 12.4. The van der Waals surface area contributed by atoms with Crippen LogP contribution in [0.1, 0.15) is 12.0 Å². The number of aryl methyl sites for hydroxylation is 1. The zero-order valence-electron chi connectivity index (χ0n) is 10.6. The second kappa shape index (κ2) is 6.64. The van der Waals surface area contributed by atoms with Crippen LogP contribution < -0.4 is 10.1 Å². The highest BCUT2D eigenvalue weighted by atomic mass is 16.5. The molecule has 1 N–H and O–H groups in total. The molecule has 3 heteroatoms. The average molecular weight is 242 g/mol.